The largest absolute Gasteiger partial charge is 0.339 e. The van der Waals surface area contributed by atoms with E-state index < -0.39 is 0 Å². The van der Waals surface area contributed by atoms with Gasteiger partial charge in [0.1, 0.15) is 6.07 Å². The maximum atomic E-state index is 9.20. The van der Waals surface area contributed by atoms with Crippen LogP contribution in [-0.2, 0) is 13.0 Å². The van der Waals surface area contributed by atoms with Crippen molar-refractivity contribution in [2.75, 3.05) is 0 Å². The zero-order chi connectivity index (χ0) is 16.4. The second-order valence-electron chi connectivity index (χ2n) is 5.33. The molecule has 0 saturated heterocycles. The monoisotopic (exact) mass is 315 g/mol. The summed E-state index contributed by atoms with van der Waals surface area (Å²) in [4.78, 5) is 4.42. The third-order valence-electron chi connectivity index (χ3n) is 3.80. The number of hydrogen-bond acceptors (Lipinski definition) is 5. The summed E-state index contributed by atoms with van der Waals surface area (Å²) in [7, 11) is 0. The van der Waals surface area contributed by atoms with Crippen LogP contribution in [0.2, 0.25) is 0 Å². The average Bonchev–Trinajstić information content (AvgIpc) is 3.25. The van der Waals surface area contributed by atoms with E-state index in [9.17, 15) is 5.26 Å². The summed E-state index contributed by atoms with van der Waals surface area (Å²) in [5.74, 6) is 1.13. The lowest BCUT2D eigenvalue weighted by Crippen LogP contribution is -2.03. The van der Waals surface area contributed by atoms with Crippen LogP contribution in [0.25, 0.3) is 22.3 Å². The van der Waals surface area contributed by atoms with E-state index in [0.717, 1.165) is 16.5 Å². The fourth-order valence-corrected chi connectivity index (χ4v) is 2.64. The predicted octanol–water partition coefficient (Wildman–Crippen LogP) is 3.20. The molecule has 0 bridgehead atoms. The number of fused-ring (bicyclic) bond motifs is 1. The number of aromatic nitrogens is 4. The normalized spacial score (nSPS) is 10.8. The number of nitrogens with zero attached hydrogens (tertiary/aromatic N) is 5. The first-order valence-electron chi connectivity index (χ1n) is 7.59. The third kappa shape index (κ3) is 2.52. The molecular weight excluding hydrogens is 302 g/mol. The molecule has 0 fully saturated rings. The van der Waals surface area contributed by atoms with Crippen LogP contribution in [0.4, 0.5) is 0 Å². The first kappa shape index (κ1) is 14.2. The van der Waals surface area contributed by atoms with E-state index in [1.807, 2.05) is 54.6 Å². The van der Waals surface area contributed by atoms with Crippen molar-refractivity contribution in [2.24, 2.45) is 0 Å². The van der Waals surface area contributed by atoms with E-state index >= 15 is 0 Å². The maximum absolute atomic E-state index is 9.20. The Hall–Kier alpha value is -3.46. The SMILES string of the molecule is N#Cc1nn(CCc2nc(-c3ccccc3)no2)c2ccccc12. The molecule has 0 aliphatic heterocycles. The Labute approximate surface area is 138 Å². The van der Waals surface area contributed by atoms with E-state index in [0.29, 0.717) is 30.4 Å². The third-order valence-corrected chi connectivity index (χ3v) is 3.80. The summed E-state index contributed by atoms with van der Waals surface area (Å²) in [5, 5.41) is 18.4. The van der Waals surface area contributed by atoms with Gasteiger partial charge in [-0.15, -0.1) is 0 Å². The molecule has 2 aromatic carbocycles. The number of hydrogen-bond donors (Lipinski definition) is 0. The Morgan fingerprint density at radius 2 is 1.83 bits per heavy atom. The van der Waals surface area contributed by atoms with Crippen LogP contribution < -0.4 is 0 Å². The van der Waals surface area contributed by atoms with Gasteiger partial charge < -0.3 is 4.52 Å². The molecule has 4 rings (SSSR count). The molecule has 2 aromatic heterocycles. The number of nitriles is 1. The van der Waals surface area contributed by atoms with Crippen LogP contribution in [0.5, 0.6) is 0 Å². The first-order valence-corrected chi connectivity index (χ1v) is 7.59. The molecule has 6 heteroatoms. The van der Waals surface area contributed by atoms with Gasteiger partial charge in [-0.3, -0.25) is 4.68 Å². The number of aryl methyl sites for hydroxylation is 2. The minimum Gasteiger partial charge on any atom is -0.339 e. The Kier molecular flexibility index (Phi) is 3.52. The molecular formula is C18H13N5O. The Morgan fingerprint density at radius 3 is 2.67 bits per heavy atom. The highest BCUT2D eigenvalue weighted by Gasteiger charge is 2.12. The van der Waals surface area contributed by atoms with E-state index in [4.69, 9.17) is 4.52 Å². The summed E-state index contributed by atoms with van der Waals surface area (Å²) in [6.07, 6.45) is 0.552. The van der Waals surface area contributed by atoms with Crippen LogP contribution in [-0.4, -0.2) is 19.9 Å². The van der Waals surface area contributed by atoms with Gasteiger partial charge in [0.25, 0.3) is 0 Å². The van der Waals surface area contributed by atoms with Crippen molar-refractivity contribution in [3.05, 3.63) is 66.2 Å². The van der Waals surface area contributed by atoms with Crippen molar-refractivity contribution >= 4 is 10.9 Å². The number of benzene rings is 2. The predicted molar refractivity (Wildman–Crippen MR) is 87.9 cm³/mol. The Morgan fingerprint density at radius 1 is 1.04 bits per heavy atom. The lowest BCUT2D eigenvalue weighted by Gasteiger charge is -2.00. The van der Waals surface area contributed by atoms with Crippen molar-refractivity contribution in [3.8, 4) is 17.5 Å². The van der Waals surface area contributed by atoms with Gasteiger partial charge in [0.05, 0.1) is 12.1 Å². The van der Waals surface area contributed by atoms with E-state index in [2.05, 4.69) is 21.3 Å². The molecule has 0 saturated carbocycles. The summed E-state index contributed by atoms with van der Waals surface area (Å²) in [5.41, 5.74) is 2.28. The van der Waals surface area contributed by atoms with Crippen LogP contribution in [0.3, 0.4) is 0 Å². The molecule has 0 amide bonds. The summed E-state index contributed by atoms with van der Waals surface area (Å²) in [6.45, 7) is 0.568. The minimum absolute atomic E-state index is 0.432. The number of rotatable bonds is 4. The highest BCUT2D eigenvalue weighted by molar-refractivity contribution is 5.84. The lowest BCUT2D eigenvalue weighted by molar-refractivity contribution is 0.370. The van der Waals surface area contributed by atoms with Crippen molar-refractivity contribution in [1.82, 2.24) is 19.9 Å². The molecule has 0 aliphatic rings. The second kappa shape index (κ2) is 5.97. The van der Waals surface area contributed by atoms with Crippen LogP contribution in [0, 0.1) is 11.3 Å². The van der Waals surface area contributed by atoms with Gasteiger partial charge in [-0.05, 0) is 12.1 Å². The highest BCUT2D eigenvalue weighted by atomic mass is 16.5. The zero-order valence-electron chi connectivity index (χ0n) is 12.8. The molecule has 0 spiro atoms. The van der Waals surface area contributed by atoms with Crippen LogP contribution >= 0.6 is 0 Å². The lowest BCUT2D eigenvalue weighted by atomic mass is 10.2. The molecule has 2 heterocycles. The van der Waals surface area contributed by atoms with Gasteiger partial charge in [-0.1, -0.05) is 47.6 Å². The fourth-order valence-electron chi connectivity index (χ4n) is 2.64. The van der Waals surface area contributed by atoms with Crippen molar-refractivity contribution < 1.29 is 4.52 Å². The second-order valence-corrected chi connectivity index (χ2v) is 5.33. The van der Waals surface area contributed by atoms with Gasteiger partial charge in [0.15, 0.2) is 5.69 Å². The Balaban J connectivity index is 1.56. The van der Waals surface area contributed by atoms with Crippen LogP contribution in [0.15, 0.2) is 59.1 Å². The molecule has 0 aliphatic carbocycles. The number of para-hydroxylation sites is 1. The maximum Gasteiger partial charge on any atom is 0.228 e. The molecule has 116 valence electrons. The van der Waals surface area contributed by atoms with Crippen molar-refractivity contribution in [2.45, 2.75) is 13.0 Å². The standard InChI is InChI=1S/C18H13N5O/c19-12-15-14-8-4-5-9-16(14)23(21-15)11-10-17-20-18(22-24-17)13-6-2-1-3-7-13/h1-9H,10-11H2. The summed E-state index contributed by atoms with van der Waals surface area (Å²) in [6, 6.07) is 19.5. The van der Waals surface area contributed by atoms with E-state index in [1.54, 1.807) is 4.68 Å². The molecule has 6 nitrogen and oxygen atoms in total. The zero-order valence-corrected chi connectivity index (χ0v) is 12.8. The first-order chi connectivity index (χ1) is 11.8. The smallest absolute Gasteiger partial charge is 0.228 e. The van der Waals surface area contributed by atoms with Gasteiger partial charge in [-0.2, -0.15) is 15.3 Å². The van der Waals surface area contributed by atoms with Crippen molar-refractivity contribution in [3.63, 3.8) is 0 Å². The van der Waals surface area contributed by atoms with E-state index in [1.165, 1.54) is 0 Å². The Bertz CT molecular complexity index is 1030. The fraction of sp³-hybridized carbons (Fsp3) is 0.111. The molecule has 0 unspecified atom stereocenters. The van der Waals surface area contributed by atoms with Gasteiger partial charge in [-0.25, -0.2) is 0 Å². The van der Waals surface area contributed by atoms with Crippen molar-refractivity contribution in [1.29, 1.82) is 5.26 Å². The quantitative estimate of drug-likeness (QED) is 0.577. The van der Waals surface area contributed by atoms with Gasteiger partial charge >= 0.3 is 0 Å². The summed E-state index contributed by atoms with van der Waals surface area (Å²) < 4.78 is 7.12. The van der Waals surface area contributed by atoms with Gasteiger partial charge in [0.2, 0.25) is 11.7 Å². The molecule has 4 aromatic rings. The molecule has 24 heavy (non-hydrogen) atoms. The minimum atomic E-state index is 0.432. The molecule has 0 atom stereocenters. The molecule has 0 N–H and O–H groups in total. The summed E-state index contributed by atoms with van der Waals surface area (Å²) >= 11 is 0. The highest BCUT2D eigenvalue weighted by Crippen LogP contribution is 2.19. The van der Waals surface area contributed by atoms with Gasteiger partial charge in [0, 0.05) is 17.4 Å². The van der Waals surface area contributed by atoms with Crippen LogP contribution in [0.1, 0.15) is 11.6 Å². The average molecular weight is 315 g/mol. The topological polar surface area (TPSA) is 80.5 Å². The molecule has 0 radical (unpaired) electrons. The van der Waals surface area contributed by atoms with E-state index in [-0.39, 0.29) is 0 Å².